The van der Waals surface area contributed by atoms with Crippen LogP contribution in [-0.4, -0.2) is 31.8 Å². The van der Waals surface area contributed by atoms with E-state index in [4.69, 9.17) is 9.47 Å². The standard InChI is InChI=1S/C17H27NO3/c1-6-8-18-15(17(19)20-7-2)11-21-16-10-12(3)9-13(4)14(16)5/h9-10,15,18H,6-8,11H2,1-5H3. The summed E-state index contributed by atoms with van der Waals surface area (Å²) in [5.74, 6) is 0.577. The summed E-state index contributed by atoms with van der Waals surface area (Å²) in [5, 5.41) is 3.17. The summed E-state index contributed by atoms with van der Waals surface area (Å²) >= 11 is 0. The Kier molecular flexibility index (Phi) is 7.23. The third-order valence-corrected chi connectivity index (χ3v) is 3.38. The van der Waals surface area contributed by atoms with Crippen molar-refractivity contribution < 1.29 is 14.3 Å². The Morgan fingerprint density at radius 3 is 2.57 bits per heavy atom. The number of carbonyl (C=O) groups is 1. The third-order valence-electron chi connectivity index (χ3n) is 3.38. The van der Waals surface area contributed by atoms with E-state index < -0.39 is 6.04 Å². The molecule has 4 heteroatoms. The van der Waals surface area contributed by atoms with Gasteiger partial charge in [-0.05, 0) is 63.4 Å². The Morgan fingerprint density at radius 1 is 1.24 bits per heavy atom. The molecule has 0 fully saturated rings. The first-order chi connectivity index (χ1) is 9.99. The molecule has 0 spiro atoms. The highest BCUT2D eigenvalue weighted by molar-refractivity contribution is 5.76. The maximum Gasteiger partial charge on any atom is 0.326 e. The smallest absolute Gasteiger partial charge is 0.326 e. The van der Waals surface area contributed by atoms with Gasteiger partial charge in [0.2, 0.25) is 0 Å². The van der Waals surface area contributed by atoms with Crippen LogP contribution in [0.1, 0.15) is 37.0 Å². The van der Waals surface area contributed by atoms with Gasteiger partial charge >= 0.3 is 5.97 Å². The van der Waals surface area contributed by atoms with Crippen LogP contribution in [0.3, 0.4) is 0 Å². The van der Waals surface area contributed by atoms with E-state index in [2.05, 4.69) is 25.2 Å². The van der Waals surface area contributed by atoms with Crippen molar-refractivity contribution in [1.29, 1.82) is 0 Å². The topological polar surface area (TPSA) is 47.6 Å². The van der Waals surface area contributed by atoms with Gasteiger partial charge in [0.15, 0.2) is 0 Å². The summed E-state index contributed by atoms with van der Waals surface area (Å²) in [6.07, 6.45) is 0.957. The van der Waals surface area contributed by atoms with Crippen LogP contribution in [0.15, 0.2) is 12.1 Å². The van der Waals surface area contributed by atoms with Crippen LogP contribution >= 0.6 is 0 Å². The third kappa shape index (κ3) is 5.38. The fourth-order valence-corrected chi connectivity index (χ4v) is 2.10. The first kappa shape index (κ1) is 17.5. The van der Waals surface area contributed by atoms with Gasteiger partial charge in [0, 0.05) is 0 Å². The summed E-state index contributed by atoms with van der Waals surface area (Å²) in [7, 11) is 0. The van der Waals surface area contributed by atoms with Crippen molar-refractivity contribution in [2.24, 2.45) is 0 Å². The molecule has 118 valence electrons. The Bertz CT molecular complexity index is 471. The second kappa shape index (κ2) is 8.67. The molecule has 4 nitrogen and oxygen atoms in total. The van der Waals surface area contributed by atoms with Gasteiger partial charge in [0.1, 0.15) is 18.4 Å². The van der Waals surface area contributed by atoms with Crippen LogP contribution in [-0.2, 0) is 9.53 Å². The molecule has 0 aliphatic heterocycles. The minimum absolute atomic E-state index is 0.257. The molecule has 0 amide bonds. The lowest BCUT2D eigenvalue weighted by Gasteiger charge is -2.19. The fourth-order valence-electron chi connectivity index (χ4n) is 2.10. The number of esters is 1. The van der Waals surface area contributed by atoms with Crippen molar-refractivity contribution in [2.45, 2.75) is 47.1 Å². The monoisotopic (exact) mass is 293 g/mol. The van der Waals surface area contributed by atoms with Crippen LogP contribution in [0.5, 0.6) is 5.75 Å². The number of carbonyl (C=O) groups excluding carboxylic acids is 1. The molecule has 1 unspecified atom stereocenters. The van der Waals surface area contributed by atoms with Crippen molar-refractivity contribution >= 4 is 5.97 Å². The molecule has 1 rings (SSSR count). The van der Waals surface area contributed by atoms with E-state index in [1.54, 1.807) is 0 Å². The maximum absolute atomic E-state index is 11.9. The number of benzene rings is 1. The predicted octanol–water partition coefficient (Wildman–Crippen LogP) is 2.92. The number of nitrogens with one attached hydrogen (secondary N) is 1. The molecule has 0 aromatic heterocycles. The summed E-state index contributed by atoms with van der Waals surface area (Å²) < 4.78 is 10.9. The minimum atomic E-state index is -0.426. The van der Waals surface area contributed by atoms with E-state index in [0.717, 1.165) is 29.8 Å². The highest BCUT2D eigenvalue weighted by Crippen LogP contribution is 2.23. The van der Waals surface area contributed by atoms with Crippen molar-refractivity contribution in [3.63, 3.8) is 0 Å². The first-order valence-electron chi connectivity index (χ1n) is 7.60. The molecule has 0 aliphatic carbocycles. The van der Waals surface area contributed by atoms with Gasteiger partial charge in [-0.15, -0.1) is 0 Å². The first-order valence-corrected chi connectivity index (χ1v) is 7.60. The second-order valence-electron chi connectivity index (χ2n) is 5.27. The molecule has 1 atom stereocenters. The van der Waals surface area contributed by atoms with Gasteiger partial charge < -0.3 is 14.8 Å². The number of hydrogen-bond donors (Lipinski definition) is 1. The van der Waals surface area contributed by atoms with E-state index in [0.29, 0.717) is 6.61 Å². The van der Waals surface area contributed by atoms with Gasteiger partial charge in [-0.3, -0.25) is 4.79 Å². The quantitative estimate of drug-likeness (QED) is 0.749. The Labute approximate surface area is 127 Å². The summed E-state index contributed by atoms with van der Waals surface area (Å²) in [4.78, 5) is 11.9. The Balaban J connectivity index is 2.74. The van der Waals surface area contributed by atoms with E-state index in [1.807, 2.05) is 26.8 Å². The van der Waals surface area contributed by atoms with Gasteiger partial charge in [-0.25, -0.2) is 0 Å². The lowest BCUT2D eigenvalue weighted by molar-refractivity contribution is -0.146. The highest BCUT2D eigenvalue weighted by atomic mass is 16.5. The molecule has 1 aromatic carbocycles. The zero-order valence-corrected chi connectivity index (χ0v) is 13.8. The van der Waals surface area contributed by atoms with Crippen molar-refractivity contribution in [3.8, 4) is 5.75 Å². The molecule has 0 aliphatic rings. The number of aryl methyl sites for hydroxylation is 2. The lowest BCUT2D eigenvalue weighted by Crippen LogP contribution is -2.43. The second-order valence-corrected chi connectivity index (χ2v) is 5.27. The molecule has 0 radical (unpaired) electrons. The average molecular weight is 293 g/mol. The van der Waals surface area contributed by atoms with Gasteiger partial charge in [0.25, 0.3) is 0 Å². The maximum atomic E-state index is 11.9. The molecule has 1 aromatic rings. The molecular weight excluding hydrogens is 266 g/mol. The normalized spacial score (nSPS) is 12.0. The lowest BCUT2D eigenvalue weighted by atomic mass is 10.1. The zero-order chi connectivity index (χ0) is 15.8. The van der Waals surface area contributed by atoms with E-state index in [-0.39, 0.29) is 12.6 Å². The SMILES string of the molecule is CCCNC(COc1cc(C)cc(C)c1C)C(=O)OCC. The van der Waals surface area contributed by atoms with Crippen molar-refractivity contribution in [2.75, 3.05) is 19.8 Å². The van der Waals surface area contributed by atoms with Crippen LogP contribution < -0.4 is 10.1 Å². The van der Waals surface area contributed by atoms with Crippen LogP contribution in [0.2, 0.25) is 0 Å². The Morgan fingerprint density at radius 2 is 1.95 bits per heavy atom. The highest BCUT2D eigenvalue weighted by Gasteiger charge is 2.20. The predicted molar refractivity (Wildman–Crippen MR) is 84.9 cm³/mol. The molecule has 0 saturated carbocycles. The van der Waals surface area contributed by atoms with Crippen molar-refractivity contribution in [1.82, 2.24) is 5.32 Å². The number of rotatable bonds is 8. The average Bonchev–Trinajstić information content (AvgIpc) is 2.44. The molecular formula is C17H27NO3. The van der Waals surface area contributed by atoms with E-state index in [1.165, 1.54) is 5.56 Å². The van der Waals surface area contributed by atoms with Crippen molar-refractivity contribution in [3.05, 3.63) is 28.8 Å². The molecule has 1 N–H and O–H groups in total. The van der Waals surface area contributed by atoms with Crippen LogP contribution in [0.25, 0.3) is 0 Å². The van der Waals surface area contributed by atoms with Crippen LogP contribution in [0, 0.1) is 20.8 Å². The molecule has 21 heavy (non-hydrogen) atoms. The van der Waals surface area contributed by atoms with Gasteiger partial charge in [0.05, 0.1) is 6.61 Å². The fraction of sp³-hybridized carbons (Fsp3) is 0.588. The minimum Gasteiger partial charge on any atom is -0.491 e. The summed E-state index contributed by atoms with van der Waals surface area (Å²) in [6, 6.07) is 3.70. The Hall–Kier alpha value is -1.55. The van der Waals surface area contributed by atoms with Gasteiger partial charge in [-0.2, -0.15) is 0 Å². The van der Waals surface area contributed by atoms with E-state index in [9.17, 15) is 4.79 Å². The van der Waals surface area contributed by atoms with E-state index >= 15 is 0 Å². The number of hydrogen-bond acceptors (Lipinski definition) is 4. The zero-order valence-electron chi connectivity index (χ0n) is 13.8. The summed E-state index contributed by atoms with van der Waals surface area (Å²) in [5.41, 5.74) is 3.46. The van der Waals surface area contributed by atoms with Crippen LogP contribution in [0.4, 0.5) is 0 Å². The molecule has 0 heterocycles. The summed E-state index contributed by atoms with van der Waals surface area (Å²) in [6.45, 7) is 11.4. The molecule has 0 bridgehead atoms. The molecule has 0 saturated heterocycles. The van der Waals surface area contributed by atoms with Gasteiger partial charge in [-0.1, -0.05) is 13.0 Å². The largest absolute Gasteiger partial charge is 0.491 e. The number of ether oxygens (including phenoxy) is 2.